The van der Waals surface area contributed by atoms with E-state index < -0.39 is 0 Å². The number of anilines is 1. The topological polar surface area (TPSA) is 63.2 Å². The molecule has 2 N–H and O–H groups in total. The largest absolute Gasteiger partial charge is 0.381 e. The number of pyridine rings is 1. The molecule has 1 saturated carbocycles. The van der Waals surface area contributed by atoms with Gasteiger partial charge in [-0.25, -0.2) is 4.98 Å². The second-order valence-corrected chi connectivity index (χ2v) is 5.20. The molecule has 2 atom stereocenters. The van der Waals surface area contributed by atoms with Crippen molar-refractivity contribution in [2.45, 2.75) is 44.8 Å². The van der Waals surface area contributed by atoms with Gasteiger partial charge in [0.15, 0.2) is 0 Å². The van der Waals surface area contributed by atoms with Gasteiger partial charge in [-0.3, -0.25) is 4.79 Å². The van der Waals surface area contributed by atoms with E-state index in [1.807, 2.05) is 19.1 Å². The maximum atomic E-state index is 11.8. The maximum absolute atomic E-state index is 11.8. The van der Waals surface area contributed by atoms with Crippen molar-refractivity contribution in [3.05, 3.63) is 23.9 Å². The summed E-state index contributed by atoms with van der Waals surface area (Å²) in [5, 5.41) is 6.23. The predicted molar refractivity (Wildman–Crippen MR) is 78.9 cm³/mol. The molecular formula is C15H23N3O2. The number of methoxy groups -OCH3 is 1. The number of nitrogens with zero attached hydrogens (tertiary/aromatic N) is 1. The predicted octanol–water partition coefficient (Wildman–Crippen LogP) is 2.20. The highest BCUT2D eigenvalue weighted by atomic mass is 16.5. The van der Waals surface area contributed by atoms with Crippen LogP contribution in [-0.2, 0) is 4.74 Å². The van der Waals surface area contributed by atoms with Crippen LogP contribution in [0.4, 0.5) is 5.82 Å². The summed E-state index contributed by atoms with van der Waals surface area (Å²) in [5.74, 6) is 0.755. The van der Waals surface area contributed by atoms with E-state index >= 15 is 0 Å². The summed E-state index contributed by atoms with van der Waals surface area (Å²) in [6.07, 6.45) is 6.10. The third-order valence-corrected chi connectivity index (χ3v) is 3.63. The Morgan fingerprint density at radius 2 is 2.30 bits per heavy atom. The highest BCUT2D eigenvalue weighted by Gasteiger charge is 2.24. The molecule has 5 heteroatoms. The molecule has 1 aromatic rings. The van der Waals surface area contributed by atoms with Gasteiger partial charge in [-0.15, -0.1) is 0 Å². The number of amides is 1. The normalized spacial score (nSPS) is 21.7. The smallest absolute Gasteiger partial charge is 0.252 e. The van der Waals surface area contributed by atoms with E-state index in [4.69, 9.17) is 4.74 Å². The Balaban J connectivity index is 1.87. The molecule has 0 bridgehead atoms. The fourth-order valence-corrected chi connectivity index (χ4v) is 2.45. The Morgan fingerprint density at radius 1 is 1.45 bits per heavy atom. The number of nitrogens with one attached hydrogen (secondary N) is 2. The van der Waals surface area contributed by atoms with Crippen molar-refractivity contribution < 1.29 is 9.53 Å². The first-order chi connectivity index (χ1) is 9.72. The van der Waals surface area contributed by atoms with Crippen LogP contribution in [0.5, 0.6) is 0 Å². The van der Waals surface area contributed by atoms with Crippen LogP contribution in [0, 0.1) is 0 Å². The molecule has 0 aromatic carbocycles. The first-order valence-corrected chi connectivity index (χ1v) is 7.26. The molecule has 2 rings (SSSR count). The lowest BCUT2D eigenvalue weighted by molar-refractivity contribution is 0.0953. The molecule has 1 heterocycles. The maximum Gasteiger partial charge on any atom is 0.252 e. The number of carbonyl (C=O) groups excluding carboxylic acids is 1. The molecule has 20 heavy (non-hydrogen) atoms. The molecule has 110 valence electrons. The van der Waals surface area contributed by atoms with Gasteiger partial charge in [0.05, 0.1) is 11.7 Å². The summed E-state index contributed by atoms with van der Waals surface area (Å²) in [6.45, 7) is 2.72. The minimum absolute atomic E-state index is 0.0637. The van der Waals surface area contributed by atoms with E-state index in [0.29, 0.717) is 24.3 Å². The van der Waals surface area contributed by atoms with E-state index in [2.05, 4.69) is 15.6 Å². The molecular weight excluding hydrogens is 254 g/mol. The third kappa shape index (κ3) is 3.93. The summed E-state index contributed by atoms with van der Waals surface area (Å²) in [7, 11) is 1.76. The SMILES string of the molecule is CCCNC(=O)c1ccc(NC2CCC(OC)C2)nc1. The van der Waals surface area contributed by atoms with Crippen LogP contribution in [0.25, 0.3) is 0 Å². The standard InChI is InChI=1S/C15H23N3O2/c1-3-8-16-15(19)11-4-7-14(17-10-11)18-12-5-6-13(9-12)20-2/h4,7,10,12-13H,3,5-6,8-9H2,1-2H3,(H,16,19)(H,17,18). The van der Waals surface area contributed by atoms with Crippen LogP contribution in [0.3, 0.4) is 0 Å². The Labute approximate surface area is 120 Å². The van der Waals surface area contributed by atoms with Crippen LogP contribution in [0.15, 0.2) is 18.3 Å². The number of ether oxygens (including phenoxy) is 1. The number of rotatable bonds is 6. The highest BCUT2D eigenvalue weighted by Crippen LogP contribution is 2.24. The molecule has 1 amide bonds. The fourth-order valence-electron chi connectivity index (χ4n) is 2.45. The molecule has 1 aromatic heterocycles. The monoisotopic (exact) mass is 277 g/mol. The molecule has 0 aliphatic heterocycles. The number of carbonyl (C=O) groups is 1. The molecule has 0 spiro atoms. The molecule has 1 fully saturated rings. The van der Waals surface area contributed by atoms with Crippen LogP contribution in [0.1, 0.15) is 43.0 Å². The van der Waals surface area contributed by atoms with Gasteiger partial charge in [0.1, 0.15) is 5.82 Å². The van der Waals surface area contributed by atoms with Gasteiger partial charge in [-0.05, 0) is 37.8 Å². The van der Waals surface area contributed by atoms with Crippen molar-refractivity contribution in [1.82, 2.24) is 10.3 Å². The van der Waals surface area contributed by atoms with E-state index in [-0.39, 0.29) is 5.91 Å². The molecule has 0 radical (unpaired) electrons. The van der Waals surface area contributed by atoms with Gasteiger partial charge in [0.2, 0.25) is 0 Å². The van der Waals surface area contributed by atoms with Crippen molar-refractivity contribution in [3.8, 4) is 0 Å². The van der Waals surface area contributed by atoms with Crippen molar-refractivity contribution in [2.24, 2.45) is 0 Å². The number of hydrogen-bond donors (Lipinski definition) is 2. The van der Waals surface area contributed by atoms with Crippen LogP contribution in [-0.4, -0.2) is 36.7 Å². The van der Waals surface area contributed by atoms with Gasteiger partial charge >= 0.3 is 0 Å². The number of hydrogen-bond acceptors (Lipinski definition) is 4. The average molecular weight is 277 g/mol. The van der Waals surface area contributed by atoms with Gasteiger partial charge in [-0.2, -0.15) is 0 Å². The Morgan fingerprint density at radius 3 is 2.90 bits per heavy atom. The summed E-state index contributed by atoms with van der Waals surface area (Å²) in [4.78, 5) is 16.1. The van der Waals surface area contributed by atoms with Crippen molar-refractivity contribution in [2.75, 3.05) is 19.0 Å². The number of aromatic nitrogens is 1. The summed E-state index contributed by atoms with van der Waals surface area (Å²) in [5.41, 5.74) is 0.602. The lowest BCUT2D eigenvalue weighted by Crippen LogP contribution is -2.24. The minimum Gasteiger partial charge on any atom is -0.381 e. The minimum atomic E-state index is -0.0637. The highest BCUT2D eigenvalue weighted by molar-refractivity contribution is 5.94. The Hall–Kier alpha value is -1.62. The van der Waals surface area contributed by atoms with Crippen molar-refractivity contribution >= 4 is 11.7 Å². The van der Waals surface area contributed by atoms with Crippen molar-refractivity contribution in [3.63, 3.8) is 0 Å². The van der Waals surface area contributed by atoms with Gasteiger partial charge in [0.25, 0.3) is 5.91 Å². The van der Waals surface area contributed by atoms with Gasteiger partial charge < -0.3 is 15.4 Å². The third-order valence-electron chi connectivity index (χ3n) is 3.63. The van der Waals surface area contributed by atoms with Gasteiger partial charge in [-0.1, -0.05) is 6.92 Å². The molecule has 1 aliphatic rings. The van der Waals surface area contributed by atoms with E-state index in [9.17, 15) is 4.79 Å². The van der Waals surface area contributed by atoms with Crippen LogP contribution < -0.4 is 10.6 Å². The lowest BCUT2D eigenvalue weighted by atomic mass is 10.2. The first-order valence-electron chi connectivity index (χ1n) is 7.26. The second-order valence-electron chi connectivity index (χ2n) is 5.20. The van der Waals surface area contributed by atoms with E-state index in [0.717, 1.165) is 31.5 Å². The average Bonchev–Trinajstić information content (AvgIpc) is 2.93. The zero-order chi connectivity index (χ0) is 14.4. The second kappa shape index (κ2) is 7.24. The lowest BCUT2D eigenvalue weighted by Gasteiger charge is -2.13. The first kappa shape index (κ1) is 14.8. The summed E-state index contributed by atoms with van der Waals surface area (Å²) in [6, 6.07) is 4.08. The van der Waals surface area contributed by atoms with Crippen molar-refractivity contribution in [1.29, 1.82) is 0 Å². The summed E-state index contributed by atoms with van der Waals surface area (Å²) < 4.78 is 5.35. The van der Waals surface area contributed by atoms with Crippen LogP contribution >= 0.6 is 0 Å². The molecule has 5 nitrogen and oxygen atoms in total. The van der Waals surface area contributed by atoms with E-state index in [1.165, 1.54) is 0 Å². The zero-order valence-electron chi connectivity index (χ0n) is 12.2. The zero-order valence-corrected chi connectivity index (χ0v) is 12.2. The quantitative estimate of drug-likeness (QED) is 0.836. The Bertz CT molecular complexity index is 433. The fraction of sp³-hybridized carbons (Fsp3) is 0.600. The molecule has 2 unspecified atom stereocenters. The van der Waals surface area contributed by atoms with Gasteiger partial charge in [0, 0.05) is 25.9 Å². The molecule has 1 aliphatic carbocycles. The summed E-state index contributed by atoms with van der Waals surface area (Å²) >= 11 is 0. The Kier molecular flexibility index (Phi) is 5.35. The van der Waals surface area contributed by atoms with Crippen LogP contribution in [0.2, 0.25) is 0 Å². The van der Waals surface area contributed by atoms with E-state index in [1.54, 1.807) is 13.3 Å². The molecule has 0 saturated heterocycles.